The third-order valence-corrected chi connectivity index (χ3v) is 5.53. The van der Waals surface area contributed by atoms with E-state index in [2.05, 4.69) is 15.5 Å². The Bertz CT molecular complexity index is 746. The van der Waals surface area contributed by atoms with Gasteiger partial charge in [0, 0.05) is 19.6 Å². The van der Waals surface area contributed by atoms with Crippen molar-refractivity contribution in [2.24, 2.45) is 15.5 Å². The summed E-state index contributed by atoms with van der Waals surface area (Å²) in [6, 6.07) is 0. The van der Waals surface area contributed by atoms with E-state index < -0.39 is 17.1 Å². The smallest absolute Gasteiger partial charge is 0.247 e. The highest BCUT2D eigenvalue weighted by Crippen LogP contribution is 2.03. The second-order valence-corrected chi connectivity index (χ2v) is 8.10. The molecule has 0 aliphatic rings. The van der Waals surface area contributed by atoms with Crippen LogP contribution in [0.25, 0.3) is 0 Å². The summed E-state index contributed by atoms with van der Waals surface area (Å²) in [7, 11) is 0. The largest absolute Gasteiger partial charge is 0.336 e. The van der Waals surface area contributed by atoms with E-state index in [1.165, 1.54) is 0 Å². The van der Waals surface area contributed by atoms with Gasteiger partial charge in [0.25, 0.3) is 0 Å². The van der Waals surface area contributed by atoms with Gasteiger partial charge >= 0.3 is 17.1 Å². The molecule has 0 N–H and O–H groups in total. The molecule has 0 saturated carbocycles. The molecule has 12 nitrogen and oxygen atoms in total. The minimum Gasteiger partial charge on any atom is -0.247 e. The Labute approximate surface area is 192 Å². The molecule has 0 aliphatic heterocycles. The Morgan fingerprint density at radius 1 is 0.394 bits per heavy atom. The van der Waals surface area contributed by atoms with Crippen LogP contribution in [0, 0.1) is 14.7 Å². The average Bonchev–Trinajstić information content (AvgIpc) is 2.81. The maximum Gasteiger partial charge on any atom is 0.336 e. The molecule has 0 radical (unpaired) electrons. The summed E-state index contributed by atoms with van der Waals surface area (Å²) in [4.78, 5) is 69.2. The Balaban J connectivity index is 2.92. The number of nitrogens with zero attached hydrogens (tertiary/aromatic N) is 6. The van der Waals surface area contributed by atoms with Crippen LogP contribution in [0.3, 0.4) is 0 Å². The van der Waals surface area contributed by atoms with Crippen molar-refractivity contribution in [1.82, 2.24) is 13.7 Å². The lowest BCUT2D eigenvalue weighted by Gasteiger charge is -2.14. The first-order valence-corrected chi connectivity index (χ1v) is 11.9. The molecular weight excluding hydrogens is 432 g/mol. The van der Waals surface area contributed by atoms with Gasteiger partial charge < -0.3 is 0 Å². The summed E-state index contributed by atoms with van der Waals surface area (Å²) in [5, 5.41) is 8.46. The van der Waals surface area contributed by atoms with Gasteiger partial charge in [0.15, 0.2) is 0 Å². The summed E-state index contributed by atoms with van der Waals surface area (Å²) in [5.74, 6) is 0. The Kier molecular flexibility index (Phi) is 15.2. The van der Waals surface area contributed by atoms with Gasteiger partial charge in [0.1, 0.15) is 0 Å². The molecule has 0 amide bonds. The molecule has 1 rings (SSSR count). The lowest BCUT2D eigenvalue weighted by molar-refractivity contribution is 0.413. The van der Waals surface area contributed by atoms with Crippen molar-refractivity contribution in [2.75, 3.05) is 19.6 Å². The van der Waals surface area contributed by atoms with Gasteiger partial charge in [-0.05, 0) is 38.5 Å². The molecule has 1 aromatic heterocycles. The number of hydrogen-bond donors (Lipinski definition) is 0. The van der Waals surface area contributed by atoms with Gasteiger partial charge in [-0.15, -0.1) is 0 Å². The van der Waals surface area contributed by atoms with E-state index >= 15 is 0 Å². The number of nitroso groups, excluding NO2 is 3. The summed E-state index contributed by atoms with van der Waals surface area (Å²) in [6.07, 6.45) is 8.34. The van der Waals surface area contributed by atoms with E-state index in [4.69, 9.17) is 0 Å². The third-order valence-electron chi connectivity index (χ3n) is 5.53. The molecule has 0 unspecified atom stereocenters. The van der Waals surface area contributed by atoms with Crippen molar-refractivity contribution in [3.05, 3.63) is 46.2 Å². The third kappa shape index (κ3) is 10.6. The van der Waals surface area contributed by atoms with E-state index in [1.807, 2.05) is 0 Å². The predicted octanol–water partition coefficient (Wildman–Crippen LogP) is 3.15. The highest BCUT2D eigenvalue weighted by Gasteiger charge is 2.15. The first-order valence-electron chi connectivity index (χ1n) is 11.9. The zero-order valence-electron chi connectivity index (χ0n) is 19.4. The molecule has 0 spiro atoms. The number of rotatable bonds is 21. The van der Waals surface area contributed by atoms with Gasteiger partial charge in [0.05, 0.1) is 19.6 Å². The van der Waals surface area contributed by atoms with Crippen molar-refractivity contribution < 1.29 is 0 Å². The Morgan fingerprint density at radius 3 is 0.879 bits per heavy atom. The van der Waals surface area contributed by atoms with Crippen LogP contribution >= 0.6 is 0 Å². The lowest BCUT2D eigenvalue weighted by Crippen LogP contribution is -2.54. The van der Waals surface area contributed by atoms with E-state index in [0.717, 1.165) is 52.2 Å². The molecule has 0 aliphatic carbocycles. The topological polar surface area (TPSA) is 154 Å². The van der Waals surface area contributed by atoms with Crippen molar-refractivity contribution in [1.29, 1.82) is 0 Å². The van der Waals surface area contributed by atoms with Crippen LogP contribution in [0.1, 0.15) is 77.0 Å². The Hall–Kier alpha value is -2.79. The van der Waals surface area contributed by atoms with Crippen molar-refractivity contribution in [2.45, 2.75) is 96.7 Å². The lowest BCUT2D eigenvalue weighted by atomic mass is 10.2. The summed E-state index contributed by atoms with van der Waals surface area (Å²) >= 11 is 0. The minimum atomic E-state index is -0.595. The first kappa shape index (κ1) is 28.2. The van der Waals surface area contributed by atoms with Crippen LogP contribution in [0.2, 0.25) is 0 Å². The second-order valence-electron chi connectivity index (χ2n) is 8.10. The summed E-state index contributed by atoms with van der Waals surface area (Å²) in [5.41, 5.74) is -1.78. The molecule has 0 atom stereocenters. The highest BCUT2D eigenvalue weighted by molar-refractivity contribution is 4.79. The van der Waals surface area contributed by atoms with Crippen LogP contribution in [0.4, 0.5) is 0 Å². The number of hydrogen-bond acceptors (Lipinski definition) is 9. The van der Waals surface area contributed by atoms with Crippen LogP contribution in [-0.4, -0.2) is 33.3 Å². The molecular formula is C21H36N6O6. The fourth-order valence-electron chi connectivity index (χ4n) is 3.66. The van der Waals surface area contributed by atoms with Crippen LogP contribution < -0.4 is 17.1 Å². The Morgan fingerprint density at radius 2 is 0.636 bits per heavy atom. The molecule has 1 heterocycles. The zero-order valence-corrected chi connectivity index (χ0v) is 19.4. The SMILES string of the molecule is O=NCCCCCCn1c(=O)n(CCCCCCN=O)c(=O)n(CCCCCCN=O)c1=O. The van der Waals surface area contributed by atoms with E-state index in [1.54, 1.807) is 0 Å². The van der Waals surface area contributed by atoms with E-state index in [9.17, 15) is 29.1 Å². The van der Waals surface area contributed by atoms with Crippen molar-refractivity contribution in [3.63, 3.8) is 0 Å². The molecule has 0 fully saturated rings. The van der Waals surface area contributed by atoms with Crippen LogP contribution in [0.15, 0.2) is 29.9 Å². The van der Waals surface area contributed by atoms with Gasteiger partial charge in [-0.1, -0.05) is 54.1 Å². The van der Waals surface area contributed by atoms with E-state index in [-0.39, 0.29) is 39.3 Å². The van der Waals surface area contributed by atoms with Gasteiger partial charge in [-0.2, -0.15) is 14.7 Å². The van der Waals surface area contributed by atoms with Crippen LogP contribution in [0.5, 0.6) is 0 Å². The fraction of sp³-hybridized carbons (Fsp3) is 0.857. The van der Waals surface area contributed by atoms with Gasteiger partial charge in [-0.3, -0.25) is 0 Å². The first-order chi connectivity index (χ1) is 16.1. The zero-order chi connectivity index (χ0) is 24.3. The molecule has 33 heavy (non-hydrogen) atoms. The standard InChI is InChI=1S/C21H36N6O6/c28-19-25(16-10-4-1-7-13-22-31)20(29)27(18-12-6-3-9-15-24-33)21(30)26(19)17-11-5-2-8-14-23-32/h1-18H2. The highest BCUT2D eigenvalue weighted by atomic mass is 16.3. The second kappa shape index (κ2) is 17.7. The normalized spacial score (nSPS) is 10.9. The van der Waals surface area contributed by atoms with E-state index in [0.29, 0.717) is 38.5 Å². The fourth-order valence-corrected chi connectivity index (χ4v) is 3.66. The number of unbranched alkanes of at least 4 members (excludes halogenated alkanes) is 9. The molecule has 12 heteroatoms. The number of aromatic nitrogens is 3. The predicted molar refractivity (Wildman–Crippen MR) is 127 cm³/mol. The van der Waals surface area contributed by atoms with Crippen molar-refractivity contribution >= 4 is 0 Å². The monoisotopic (exact) mass is 468 g/mol. The summed E-state index contributed by atoms with van der Waals surface area (Å²) in [6.45, 7) is 1.39. The molecule has 0 aromatic carbocycles. The van der Waals surface area contributed by atoms with Crippen molar-refractivity contribution in [3.8, 4) is 0 Å². The van der Waals surface area contributed by atoms with Gasteiger partial charge in [-0.25, -0.2) is 28.1 Å². The molecule has 186 valence electrons. The minimum absolute atomic E-state index is 0.211. The summed E-state index contributed by atoms with van der Waals surface area (Å²) < 4.78 is 3.39. The average molecular weight is 469 g/mol. The quantitative estimate of drug-likeness (QED) is 0.199. The maximum atomic E-state index is 12.9. The van der Waals surface area contributed by atoms with Gasteiger partial charge in [0.2, 0.25) is 0 Å². The van der Waals surface area contributed by atoms with Crippen LogP contribution in [-0.2, 0) is 19.6 Å². The molecule has 0 bridgehead atoms. The molecule has 1 aromatic rings. The molecule has 0 saturated heterocycles. The maximum absolute atomic E-state index is 12.9.